The van der Waals surface area contributed by atoms with Crippen molar-refractivity contribution in [3.05, 3.63) is 19.8 Å². The fraction of sp³-hybridized carbons (Fsp3) is 0.545. The Hall–Kier alpha value is -0.440. The molecule has 0 saturated carbocycles. The average molecular weight is 367 g/mol. The SMILES string of the molecule is Cc1sc(Br)c(C(=O)N2CCC(S(N)(=O)=O)C2)c1C. The Kier molecular flexibility index (Phi) is 4.06. The summed E-state index contributed by atoms with van der Waals surface area (Å²) in [6.07, 6.45) is 0.407. The van der Waals surface area contributed by atoms with E-state index in [1.54, 1.807) is 4.90 Å². The Morgan fingerprint density at radius 2 is 2.11 bits per heavy atom. The zero-order chi connectivity index (χ0) is 14.4. The summed E-state index contributed by atoms with van der Waals surface area (Å²) in [6.45, 7) is 4.47. The van der Waals surface area contributed by atoms with Crippen LogP contribution in [-0.2, 0) is 10.0 Å². The molecule has 0 aliphatic carbocycles. The van der Waals surface area contributed by atoms with E-state index >= 15 is 0 Å². The van der Waals surface area contributed by atoms with Gasteiger partial charge in [0.1, 0.15) is 0 Å². The van der Waals surface area contributed by atoms with Gasteiger partial charge in [-0.05, 0) is 41.8 Å². The number of nitrogens with zero attached hydrogens (tertiary/aromatic N) is 1. The molecular weight excluding hydrogens is 352 g/mol. The average Bonchev–Trinajstić information content (AvgIpc) is 2.84. The van der Waals surface area contributed by atoms with Crippen LogP contribution in [0, 0.1) is 13.8 Å². The third-order valence-corrected chi connectivity index (χ3v) is 6.64. The van der Waals surface area contributed by atoms with Crippen molar-refractivity contribution in [3.63, 3.8) is 0 Å². The van der Waals surface area contributed by atoms with Gasteiger partial charge >= 0.3 is 0 Å². The number of carbonyl (C=O) groups is 1. The number of hydrogen-bond donors (Lipinski definition) is 1. The van der Waals surface area contributed by atoms with Gasteiger partial charge in [-0.2, -0.15) is 0 Å². The third kappa shape index (κ3) is 2.86. The lowest BCUT2D eigenvalue weighted by Gasteiger charge is -2.16. The smallest absolute Gasteiger partial charge is 0.256 e. The van der Waals surface area contributed by atoms with Crippen LogP contribution in [-0.4, -0.2) is 37.6 Å². The van der Waals surface area contributed by atoms with E-state index in [0.717, 1.165) is 14.2 Å². The maximum atomic E-state index is 12.4. The summed E-state index contributed by atoms with van der Waals surface area (Å²) in [5.74, 6) is -0.125. The Labute approximate surface area is 125 Å². The minimum Gasteiger partial charge on any atom is -0.337 e. The standard InChI is InChI=1S/C11H15BrN2O3S2/c1-6-7(2)18-10(12)9(6)11(15)14-4-3-8(5-14)19(13,16)17/h8H,3-5H2,1-2H3,(H2,13,16,17). The predicted molar refractivity (Wildman–Crippen MR) is 78.9 cm³/mol. The van der Waals surface area contributed by atoms with Crippen molar-refractivity contribution >= 4 is 43.2 Å². The van der Waals surface area contributed by atoms with Gasteiger partial charge in [-0.25, -0.2) is 13.6 Å². The molecule has 5 nitrogen and oxygen atoms in total. The molecule has 19 heavy (non-hydrogen) atoms. The fourth-order valence-corrected chi connectivity index (χ4v) is 5.05. The Balaban J connectivity index is 2.23. The molecule has 1 atom stereocenters. The number of aryl methyl sites for hydroxylation is 1. The highest BCUT2D eigenvalue weighted by Gasteiger charge is 2.34. The monoisotopic (exact) mass is 366 g/mol. The number of carbonyl (C=O) groups excluding carboxylic acids is 1. The van der Waals surface area contributed by atoms with E-state index in [9.17, 15) is 13.2 Å². The number of likely N-dealkylation sites (tertiary alicyclic amines) is 1. The van der Waals surface area contributed by atoms with Gasteiger partial charge in [0, 0.05) is 18.0 Å². The topological polar surface area (TPSA) is 80.5 Å². The van der Waals surface area contributed by atoms with E-state index in [-0.39, 0.29) is 12.5 Å². The van der Waals surface area contributed by atoms with Crippen molar-refractivity contribution in [3.8, 4) is 0 Å². The Morgan fingerprint density at radius 3 is 2.53 bits per heavy atom. The summed E-state index contributed by atoms with van der Waals surface area (Å²) < 4.78 is 23.4. The predicted octanol–water partition coefficient (Wildman–Crippen LogP) is 1.63. The first-order chi connectivity index (χ1) is 8.71. The first-order valence-electron chi connectivity index (χ1n) is 5.78. The normalized spacial score (nSPS) is 20.0. The number of sulfonamides is 1. The summed E-state index contributed by atoms with van der Waals surface area (Å²) in [4.78, 5) is 15.1. The highest BCUT2D eigenvalue weighted by molar-refractivity contribution is 9.11. The second-order valence-corrected chi connectivity index (χ2v) is 9.07. The van der Waals surface area contributed by atoms with Gasteiger partial charge in [0.25, 0.3) is 5.91 Å². The van der Waals surface area contributed by atoms with Crippen LogP contribution >= 0.6 is 27.3 Å². The minimum atomic E-state index is -3.57. The number of halogens is 1. The maximum absolute atomic E-state index is 12.4. The van der Waals surface area contributed by atoms with E-state index in [4.69, 9.17) is 5.14 Å². The molecule has 1 aliphatic heterocycles. The van der Waals surface area contributed by atoms with Gasteiger partial charge in [0.2, 0.25) is 10.0 Å². The summed E-state index contributed by atoms with van der Waals surface area (Å²) in [5.41, 5.74) is 1.58. The largest absolute Gasteiger partial charge is 0.337 e. The van der Waals surface area contributed by atoms with Crippen LogP contribution in [0.15, 0.2) is 3.79 Å². The third-order valence-electron chi connectivity index (χ3n) is 3.45. The van der Waals surface area contributed by atoms with E-state index in [2.05, 4.69) is 15.9 Å². The van der Waals surface area contributed by atoms with E-state index in [1.807, 2.05) is 13.8 Å². The lowest BCUT2D eigenvalue weighted by Crippen LogP contribution is -2.34. The second kappa shape index (κ2) is 5.16. The molecule has 2 N–H and O–H groups in total. The molecule has 0 radical (unpaired) electrons. The number of thiophene rings is 1. The van der Waals surface area contributed by atoms with Crippen LogP contribution in [0.4, 0.5) is 0 Å². The van der Waals surface area contributed by atoms with Crippen LogP contribution in [0.2, 0.25) is 0 Å². The summed E-state index contributed by atoms with van der Waals surface area (Å²) in [5, 5.41) is 4.49. The summed E-state index contributed by atoms with van der Waals surface area (Å²) in [6, 6.07) is 0. The van der Waals surface area contributed by atoms with Crippen molar-refractivity contribution in [2.24, 2.45) is 5.14 Å². The number of amides is 1. The first kappa shape index (κ1) is 15.0. The minimum absolute atomic E-state index is 0.125. The van der Waals surface area contributed by atoms with E-state index in [1.165, 1.54) is 11.3 Å². The molecule has 2 rings (SSSR count). The number of hydrogen-bond acceptors (Lipinski definition) is 4. The molecule has 1 saturated heterocycles. The molecular formula is C11H15BrN2O3S2. The zero-order valence-corrected chi connectivity index (χ0v) is 13.9. The lowest BCUT2D eigenvalue weighted by atomic mass is 10.1. The van der Waals surface area contributed by atoms with Gasteiger partial charge in [0.05, 0.1) is 14.6 Å². The van der Waals surface area contributed by atoms with E-state index < -0.39 is 15.3 Å². The first-order valence-corrected chi connectivity index (χ1v) is 9.00. The molecule has 1 fully saturated rings. The van der Waals surface area contributed by atoms with Crippen LogP contribution < -0.4 is 5.14 Å². The lowest BCUT2D eigenvalue weighted by molar-refractivity contribution is 0.0792. The molecule has 1 amide bonds. The van der Waals surface area contributed by atoms with E-state index in [0.29, 0.717) is 18.5 Å². The molecule has 1 aromatic heterocycles. The number of nitrogens with two attached hydrogens (primary N) is 1. The van der Waals surface area contributed by atoms with Crippen molar-refractivity contribution in [2.75, 3.05) is 13.1 Å². The van der Waals surface area contributed by atoms with Crippen LogP contribution in [0.3, 0.4) is 0 Å². The summed E-state index contributed by atoms with van der Waals surface area (Å²) in [7, 11) is -3.57. The molecule has 8 heteroatoms. The van der Waals surface area contributed by atoms with Gasteiger partial charge in [0.15, 0.2) is 0 Å². The zero-order valence-electron chi connectivity index (χ0n) is 10.6. The molecule has 106 valence electrons. The van der Waals surface area contributed by atoms with Gasteiger partial charge in [-0.3, -0.25) is 4.79 Å². The Morgan fingerprint density at radius 1 is 1.47 bits per heavy atom. The van der Waals surface area contributed by atoms with Crippen molar-refractivity contribution in [1.82, 2.24) is 4.90 Å². The van der Waals surface area contributed by atoms with Gasteiger partial charge < -0.3 is 4.90 Å². The summed E-state index contributed by atoms with van der Waals surface area (Å²) >= 11 is 4.91. The van der Waals surface area contributed by atoms with Gasteiger partial charge in [-0.15, -0.1) is 11.3 Å². The highest BCUT2D eigenvalue weighted by atomic mass is 79.9. The molecule has 1 aromatic rings. The molecule has 1 aliphatic rings. The van der Waals surface area contributed by atoms with Crippen LogP contribution in [0.5, 0.6) is 0 Å². The number of rotatable bonds is 2. The highest BCUT2D eigenvalue weighted by Crippen LogP contribution is 2.33. The van der Waals surface area contributed by atoms with Crippen molar-refractivity contribution < 1.29 is 13.2 Å². The molecule has 0 bridgehead atoms. The molecule has 0 aromatic carbocycles. The number of primary sulfonamides is 1. The maximum Gasteiger partial charge on any atom is 0.256 e. The molecule has 1 unspecified atom stereocenters. The van der Waals surface area contributed by atoms with Crippen molar-refractivity contribution in [2.45, 2.75) is 25.5 Å². The van der Waals surface area contributed by atoms with Crippen molar-refractivity contribution in [1.29, 1.82) is 0 Å². The quantitative estimate of drug-likeness (QED) is 0.863. The van der Waals surface area contributed by atoms with Crippen LogP contribution in [0.25, 0.3) is 0 Å². The van der Waals surface area contributed by atoms with Crippen LogP contribution in [0.1, 0.15) is 27.2 Å². The molecule has 0 spiro atoms. The Bertz CT molecular complexity index is 624. The fourth-order valence-electron chi connectivity index (χ4n) is 2.17. The second-order valence-electron chi connectivity index (χ2n) is 4.68. The molecule has 2 heterocycles. The van der Waals surface area contributed by atoms with Gasteiger partial charge in [-0.1, -0.05) is 0 Å².